The van der Waals surface area contributed by atoms with E-state index in [1.165, 1.54) is 6.07 Å². The van der Waals surface area contributed by atoms with Crippen LogP contribution in [0.3, 0.4) is 0 Å². The number of nitrogens with two attached hydrogens (primary N) is 1. The maximum atomic E-state index is 13.1. The molecule has 2 rings (SSSR count). The van der Waals surface area contributed by atoms with Gasteiger partial charge in [0, 0.05) is 19.1 Å². The van der Waals surface area contributed by atoms with Gasteiger partial charge in [-0.05, 0) is 31.0 Å². The van der Waals surface area contributed by atoms with Crippen molar-refractivity contribution >= 4 is 17.6 Å². The monoisotopic (exact) mass is 295 g/mol. The Kier molecular flexibility index (Phi) is 4.87. The van der Waals surface area contributed by atoms with E-state index in [1.807, 2.05) is 4.90 Å². The highest BCUT2D eigenvalue weighted by Crippen LogP contribution is 2.17. The first-order valence-corrected chi connectivity index (χ1v) is 6.76. The summed E-state index contributed by atoms with van der Waals surface area (Å²) in [4.78, 5) is 25.0. The Morgan fingerprint density at radius 2 is 2.05 bits per heavy atom. The zero-order chi connectivity index (χ0) is 15.4. The van der Waals surface area contributed by atoms with Crippen molar-refractivity contribution in [1.29, 1.82) is 0 Å². The highest BCUT2D eigenvalue weighted by molar-refractivity contribution is 6.01. The minimum atomic E-state index is -1.28. The largest absolute Gasteiger partial charge is 0.478 e. The lowest BCUT2D eigenvalue weighted by molar-refractivity contribution is -0.117. The van der Waals surface area contributed by atoms with Gasteiger partial charge in [0.25, 0.3) is 0 Å². The van der Waals surface area contributed by atoms with Gasteiger partial charge in [-0.2, -0.15) is 0 Å². The number of piperidine rings is 1. The molecule has 0 bridgehead atoms. The lowest BCUT2D eigenvalue weighted by atomic mass is 10.1. The van der Waals surface area contributed by atoms with Crippen LogP contribution in [-0.2, 0) is 4.79 Å². The van der Waals surface area contributed by atoms with Crippen molar-refractivity contribution in [3.05, 3.63) is 29.6 Å². The molecule has 1 saturated heterocycles. The van der Waals surface area contributed by atoms with E-state index in [9.17, 15) is 14.0 Å². The molecule has 0 saturated carbocycles. The van der Waals surface area contributed by atoms with Crippen molar-refractivity contribution < 1.29 is 19.1 Å². The van der Waals surface area contributed by atoms with Gasteiger partial charge in [-0.15, -0.1) is 0 Å². The van der Waals surface area contributed by atoms with Gasteiger partial charge in [0.1, 0.15) is 5.82 Å². The number of carbonyl (C=O) groups excluding carboxylic acids is 1. The second kappa shape index (κ2) is 6.64. The first kappa shape index (κ1) is 15.4. The summed E-state index contributed by atoms with van der Waals surface area (Å²) in [6, 6.07) is 3.43. The Morgan fingerprint density at radius 1 is 1.38 bits per heavy atom. The Hall–Kier alpha value is -1.99. The summed E-state index contributed by atoms with van der Waals surface area (Å²) >= 11 is 0. The fourth-order valence-corrected chi connectivity index (χ4v) is 2.31. The molecule has 7 heteroatoms. The number of nitrogens with one attached hydrogen (secondary N) is 1. The van der Waals surface area contributed by atoms with E-state index in [4.69, 9.17) is 10.8 Å². The van der Waals surface area contributed by atoms with E-state index in [2.05, 4.69) is 5.32 Å². The van der Waals surface area contributed by atoms with Crippen molar-refractivity contribution in [3.63, 3.8) is 0 Å². The van der Waals surface area contributed by atoms with Crippen LogP contribution in [0.15, 0.2) is 18.2 Å². The molecule has 0 aromatic heterocycles. The Bertz CT molecular complexity index is 542. The molecule has 1 aromatic carbocycles. The minimum Gasteiger partial charge on any atom is -0.478 e. The fraction of sp³-hybridized carbons (Fsp3) is 0.429. The van der Waals surface area contributed by atoms with Crippen LogP contribution in [-0.4, -0.2) is 47.6 Å². The molecule has 21 heavy (non-hydrogen) atoms. The van der Waals surface area contributed by atoms with Gasteiger partial charge in [-0.1, -0.05) is 0 Å². The van der Waals surface area contributed by atoms with Crippen LogP contribution < -0.4 is 11.1 Å². The Morgan fingerprint density at radius 3 is 2.67 bits per heavy atom. The lowest BCUT2D eigenvalue weighted by Gasteiger charge is -2.29. The van der Waals surface area contributed by atoms with Crippen LogP contribution in [0.4, 0.5) is 10.1 Å². The molecule has 1 aromatic rings. The summed E-state index contributed by atoms with van der Waals surface area (Å²) in [5.41, 5.74) is 5.63. The molecule has 0 radical (unpaired) electrons. The van der Waals surface area contributed by atoms with E-state index in [0.717, 1.165) is 38.1 Å². The molecule has 1 amide bonds. The first-order chi connectivity index (χ1) is 9.95. The first-order valence-electron chi connectivity index (χ1n) is 6.76. The second-order valence-corrected chi connectivity index (χ2v) is 5.16. The fourth-order valence-electron chi connectivity index (χ4n) is 2.31. The molecule has 6 nitrogen and oxygen atoms in total. The highest BCUT2D eigenvalue weighted by atomic mass is 19.1. The number of carbonyl (C=O) groups is 2. The normalized spacial score (nSPS) is 16.7. The average molecular weight is 295 g/mol. The number of aromatic carboxylic acids is 1. The smallest absolute Gasteiger partial charge is 0.337 e. The van der Waals surface area contributed by atoms with Crippen LogP contribution >= 0.6 is 0 Å². The van der Waals surface area contributed by atoms with E-state index in [1.54, 1.807) is 0 Å². The van der Waals surface area contributed by atoms with Gasteiger partial charge in [0.2, 0.25) is 5.91 Å². The van der Waals surface area contributed by atoms with Gasteiger partial charge >= 0.3 is 5.97 Å². The number of carboxylic acid groups (broad SMARTS) is 1. The lowest BCUT2D eigenvalue weighted by Crippen LogP contribution is -2.43. The van der Waals surface area contributed by atoms with E-state index in [0.29, 0.717) is 0 Å². The molecule has 0 unspecified atom stereocenters. The maximum absolute atomic E-state index is 13.1. The molecule has 0 aliphatic carbocycles. The Labute approximate surface area is 121 Å². The van der Waals surface area contributed by atoms with Crippen molar-refractivity contribution in [2.75, 3.05) is 25.0 Å². The summed E-state index contributed by atoms with van der Waals surface area (Å²) in [6.45, 7) is 1.65. The number of benzene rings is 1. The zero-order valence-corrected chi connectivity index (χ0v) is 11.5. The van der Waals surface area contributed by atoms with Gasteiger partial charge in [-0.25, -0.2) is 9.18 Å². The van der Waals surface area contributed by atoms with Gasteiger partial charge in [0.05, 0.1) is 17.8 Å². The standard InChI is InChI=1S/C14H18FN3O3/c15-9-1-2-12(11(7-9)14(20)21)17-13(19)8-18-5-3-10(16)4-6-18/h1-2,7,10H,3-6,8,16H2,(H,17,19)(H,20,21). The number of anilines is 1. The summed E-state index contributed by atoms with van der Waals surface area (Å²) in [5, 5.41) is 11.5. The molecule has 114 valence electrons. The number of nitrogens with zero attached hydrogens (tertiary/aromatic N) is 1. The predicted octanol–water partition coefficient (Wildman–Crippen LogP) is 0.885. The van der Waals surface area contributed by atoms with Crippen molar-refractivity contribution in [2.24, 2.45) is 5.73 Å². The Balaban J connectivity index is 1.98. The molecule has 1 aliphatic heterocycles. The van der Waals surface area contributed by atoms with Crippen molar-refractivity contribution in [1.82, 2.24) is 4.90 Å². The zero-order valence-electron chi connectivity index (χ0n) is 11.5. The number of hydrogen-bond donors (Lipinski definition) is 3. The summed E-state index contributed by atoms with van der Waals surface area (Å²) < 4.78 is 13.1. The molecular weight excluding hydrogens is 277 g/mol. The van der Waals surface area contributed by atoms with Gasteiger partial charge < -0.3 is 16.2 Å². The number of halogens is 1. The van der Waals surface area contributed by atoms with Gasteiger partial charge in [0.15, 0.2) is 0 Å². The molecule has 4 N–H and O–H groups in total. The number of amides is 1. The third-order valence-electron chi connectivity index (χ3n) is 3.49. The summed E-state index contributed by atoms with van der Waals surface area (Å²) in [5.74, 6) is -2.26. The van der Waals surface area contributed by atoms with Gasteiger partial charge in [-0.3, -0.25) is 9.69 Å². The number of rotatable bonds is 4. The minimum absolute atomic E-state index is 0.0996. The molecular formula is C14H18FN3O3. The molecule has 1 fully saturated rings. The molecule has 1 aliphatic rings. The quantitative estimate of drug-likeness (QED) is 0.766. The third kappa shape index (κ3) is 4.24. The van der Waals surface area contributed by atoms with Crippen LogP contribution in [0, 0.1) is 5.82 Å². The van der Waals surface area contributed by atoms with Crippen LogP contribution in [0.2, 0.25) is 0 Å². The summed E-state index contributed by atoms with van der Waals surface area (Å²) in [6.07, 6.45) is 1.68. The molecule has 0 spiro atoms. The number of hydrogen-bond acceptors (Lipinski definition) is 4. The maximum Gasteiger partial charge on any atom is 0.337 e. The molecule has 0 atom stereocenters. The van der Waals surface area contributed by atoms with Crippen LogP contribution in [0.1, 0.15) is 23.2 Å². The van der Waals surface area contributed by atoms with Crippen LogP contribution in [0.25, 0.3) is 0 Å². The van der Waals surface area contributed by atoms with E-state index >= 15 is 0 Å². The SMILES string of the molecule is NC1CCN(CC(=O)Nc2ccc(F)cc2C(=O)O)CC1. The second-order valence-electron chi connectivity index (χ2n) is 5.16. The number of likely N-dealkylation sites (tertiary alicyclic amines) is 1. The van der Waals surface area contributed by atoms with Crippen molar-refractivity contribution in [2.45, 2.75) is 18.9 Å². The van der Waals surface area contributed by atoms with E-state index < -0.39 is 11.8 Å². The third-order valence-corrected chi connectivity index (χ3v) is 3.49. The van der Waals surface area contributed by atoms with Crippen molar-refractivity contribution in [3.8, 4) is 0 Å². The molecule has 1 heterocycles. The number of carboxylic acids is 1. The van der Waals surface area contributed by atoms with Crippen LogP contribution in [0.5, 0.6) is 0 Å². The average Bonchev–Trinajstić information content (AvgIpc) is 2.43. The summed E-state index contributed by atoms with van der Waals surface area (Å²) in [7, 11) is 0. The predicted molar refractivity (Wildman–Crippen MR) is 75.6 cm³/mol. The van der Waals surface area contributed by atoms with E-state index in [-0.39, 0.29) is 29.7 Å². The highest BCUT2D eigenvalue weighted by Gasteiger charge is 2.19. The topological polar surface area (TPSA) is 95.7 Å².